The molecule has 5 nitrogen and oxygen atoms in total. The molecule has 2 aromatic heterocycles. The lowest BCUT2D eigenvalue weighted by molar-refractivity contribution is 0.139. The van der Waals surface area contributed by atoms with Crippen LogP contribution in [0.1, 0.15) is 32.4 Å². The van der Waals surface area contributed by atoms with Gasteiger partial charge in [0.1, 0.15) is 0 Å². The Morgan fingerprint density at radius 1 is 1.45 bits per heavy atom. The van der Waals surface area contributed by atoms with Crippen molar-refractivity contribution < 1.29 is 0 Å². The molecule has 0 saturated carbocycles. The summed E-state index contributed by atoms with van der Waals surface area (Å²) in [6.45, 7) is 6.97. The first-order valence-electron chi connectivity index (χ1n) is 7.45. The van der Waals surface area contributed by atoms with Gasteiger partial charge in [0.2, 0.25) is 0 Å². The molecule has 3 heterocycles. The molecular weight excluding hydrogens is 250 g/mol. The molecule has 1 aliphatic heterocycles. The third kappa shape index (κ3) is 2.77. The van der Waals surface area contributed by atoms with Gasteiger partial charge in [0, 0.05) is 18.7 Å². The highest BCUT2D eigenvalue weighted by molar-refractivity contribution is 5.44. The van der Waals surface area contributed by atoms with Crippen LogP contribution in [0, 0.1) is 5.92 Å². The number of aromatic nitrogens is 3. The Morgan fingerprint density at radius 3 is 3.10 bits per heavy atom. The zero-order chi connectivity index (χ0) is 14.1. The van der Waals surface area contributed by atoms with Crippen molar-refractivity contribution >= 4 is 11.3 Å². The Labute approximate surface area is 119 Å². The van der Waals surface area contributed by atoms with Gasteiger partial charge < -0.3 is 10.6 Å². The molecule has 0 amide bonds. The molecule has 1 aliphatic rings. The van der Waals surface area contributed by atoms with Crippen LogP contribution in [0.25, 0.3) is 5.65 Å². The Bertz CT molecular complexity index is 589. The SMILES string of the molecule is CC(C)N1CCCC(Cc2cc3ncc(N)cn3n2)C1. The Hall–Kier alpha value is -1.62. The number of nitrogens with zero attached hydrogens (tertiary/aromatic N) is 4. The number of hydrogen-bond acceptors (Lipinski definition) is 4. The molecule has 1 fully saturated rings. The number of fused-ring (bicyclic) bond motifs is 1. The number of likely N-dealkylation sites (tertiary alicyclic amines) is 1. The van der Waals surface area contributed by atoms with Crippen molar-refractivity contribution in [3.05, 3.63) is 24.2 Å². The maximum absolute atomic E-state index is 5.74. The quantitative estimate of drug-likeness (QED) is 0.929. The second kappa shape index (κ2) is 5.40. The highest BCUT2D eigenvalue weighted by Crippen LogP contribution is 2.22. The van der Waals surface area contributed by atoms with Gasteiger partial charge in [-0.3, -0.25) is 0 Å². The van der Waals surface area contributed by atoms with Gasteiger partial charge in [0.05, 0.1) is 23.8 Å². The molecule has 2 N–H and O–H groups in total. The van der Waals surface area contributed by atoms with Crippen molar-refractivity contribution in [2.75, 3.05) is 18.8 Å². The predicted octanol–water partition coefficient (Wildman–Crippen LogP) is 1.97. The minimum Gasteiger partial charge on any atom is -0.396 e. The summed E-state index contributed by atoms with van der Waals surface area (Å²) in [5.74, 6) is 0.702. The van der Waals surface area contributed by atoms with Gasteiger partial charge in [-0.15, -0.1) is 0 Å². The number of piperidine rings is 1. The molecule has 0 spiro atoms. The predicted molar refractivity (Wildman–Crippen MR) is 80.5 cm³/mol. The molecule has 108 valence electrons. The van der Waals surface area contributed by atoms with E-state index in [9.17, 15) is 0 Å². The van der Waals surface area contributed by atoms with E-state index in [1.165, 1.54) is 25.9 Å². The second-order valence-electron chi connectivity index (χ2n) is 6.13. The topological polar surface area (TPSA) is 59.5 Å². The molecule has 20 heavy (non-hydrogen) atoms. The molecule has 0 aromatic carbocycles. The van der Waals surface area contributed by atoms with Crippen molar-refractivity contribution in [2.45, 2.75) is 39.2 Å². The first-order valence-corrected chi connectivity index (χ1v) is 7.45. The molecule has 0 aliphatic carbocycles. The van der Waals surface area contributed by atoms with E-state index in [0.29, 0.717) is 17.6 Å². The molecule has 1 unspecified atom stereocenters. The molecule has 0 radical (unpaired) electrons. The van der Waals surface area contributed by atoms with E-state index in [1.54, 1.807) is 10.7 Å². The van der Waals surface area contributed by atoms with E-state index in [4.69, 9.17) is 5.73 Å². The number of anilines is 1. The molecule has 3 rings (SSSR count). The largest absolute Gasteiger partial charge is 0.396 e. The van der Waals surface area contributed by atoms with Crippen LogP contribution in [0.15, 0.2) is 18.5 Å². The van der Waals surface area contributed by atoms with Gasteiger partial charge in [-0.2, -0.15) is 5.10 Å². The zero-order valence-electron chi connectivity index (χ0n) is 12.3. The van der Waals surface area contributed by atoms with Crippen LogP contribution in [0.5, 0.6) is 0 Å². The lowest BCUT2D eigenvalue weighted by Crippen LogP contribution is -2.40. The van der Waals surface area contributed by atoms with Gasteiger partial charge in [0.15, 0.2) is 5.65 Å². The van der Waals surface area contributed by atoms with E-state index in [0.717, 1.165) is 17.8 Å². The molecular formula is C15H23N5. The first kappa shape index (κ1) is 13.4. The van der Waals surface area contributed by atoms with Gasteiger partial charge in [-0.1, -0.05) is 0 Å². The van der Waals surface area contributed by atoms with Crippen LogP contribution in [-0.4, -0.2) is 38.6 Å². The fraction of sp³-hybridized carbons (Fsp3) is 0.600. The van der Waals surface area contributed by atoms with E-state index in [2.05, 4.69) is 34.9 Å². The summed E-state index contributed by atoms with van der Waals surface area (Å²) in [4.78, 5) is 6.87. The average Bonchev–Trinajstić information content (AvgIpc) is 2.80. The molecule has 1 atom stereocenters. The standard InChI is InChI=1S/C15H23N5/c1-11(2)19-5-3-4-12(9-19)6-14-7-15-17-8-13(16)10-20(15)18-14/h7-8,10-12H,3-6,9,16H2,1-2H3. The number of nitrogen functional groups attached to an aromatic ring is 1. The van der Waals surface area contributed by atoms with E-state index in [1.807, 2.05) is 6.20 Å². The Balaban J connectivity index is 1.72. The normalized spacial score (nSPS) is 20.9. The van der Waals surface area contributed by atoms with Crippen molar-refractivity contribution in [2.24, 2.45) is 5.92 Å². The summed E-state index contributed by atoms with van der Waals surface area (Å²) < 4.78 is 1.79. The van der Waals surface area contributed by atoms with Crippen molar-refractivity contribution in [3.8, 4) is 0 Å². The van der Waals surface area contributed by atoms with Gasteiger partial charge in [0.25, 0.3) is 0 Å². The summed E-state index contributed by atoms with van der Waals surface area (Å²) in [6, 6.07) is 2.72. The van der Waals surface area contributed by atoms with Crippen molar-refractivity contribution in [1.29, 1.82) is 0 Å². The Kier molecular flexibility index (Phi) is 3.61. The summed E-state index contributed by atoms with van der Waals surface area (Å²) in [5, 5.41) is 4.59. The van der Waals surface area contributed by atoms with E-state index >= 15 is 0 Å². The van der Waals surface area contributed by atoms with Crippen molar-refractivity contribution in [3.63, 3.8) is 0 Å². The zero-order valence-corrected chi connectivity index (χ0v) is 12.3. The number of nitrogens with two attached hydrogens (primary N) is 1. The lowest BCUT2D eigenvalue weighted by Gasteiger charge is -2.35. The van der Waals surface area contributed by atoms with Gasteiger partial charge >= 0.3 is 0 Å². The third-order valence-corrected chi connectivity index (χ3v) is 4.16. The highest BCUT2D eigenvalue weighted by atomic mass is 15.2. The second-order valence-corrected chi connectivity index (χ2v) is 6.13. The third-order valence-electron chi connectivity index (χ3n) is 4.16. The minimum atomic E-state index is 0.639. The van der Waals surface area contributed by atoms with Gasteiger partial charge in [-0.05, 0) is 45.6 Å². The van der Waals surface area contributed by atoms with Crippen LogP contribution in [-0.2, 0) is 6.42 Å². The fourth-order valence-corrected chi connectivity index (χ4v) is 3.07. The lowest BCUT2D eigenvalue weighted by atomic mass is 9.93. The van der Waals surface area contributed by atoms with E-state index < -0.39 is 0 Å². The number of rotatable bonds is 3. The summed E-state index contributed by atoms with van der Waals surface area (Å²) in [5.41, 5.74) is 8.39. The van der Waals surface area contributed by atoms with E-state index in [-0.39, 0.29) is 0 Å². The molecule has 2 aromatic rings. The van der Waals surface area contributed by atoms with Crippen LogP contribution in [0.4, 0.5) is 5.69 Å². The maximum atomic E-state index is 5.74. The maximum Gasteiger partial charge on any atom is 0.155 e. The monoisotopic (exact) mass is 273 g/mol. The molecule has 1 saturated heterocycles. The van der Waals surface area contributed by atoms with Crippen LogP contribution < -0.4 is 5.73 Å². The average molecular weight is 273 g/mol. The molecule has 0 bridgehead atoms. The minimum absolute atomic E-state index is 0.639. The summed E-state index contributed by atoms with van der Waals surface area (Å²) >= 11 is 0. The van der Waals surface area contributed by atoms with Crippen LogP contribution in [0.3, 0.4) is 0 Å². The van der Waals surface area contributed by atoms with Gasteiger partial charge in [-0.25, -0.2) is 9.50 Å². The van der Waals surface area contributed by atoms with Crippen molar-refractivity contribution in [1.82, 2.24) is 19.5 Å². The fourth-order valence-electron chi connectivity index (χ4n) is 3.07. The first-order chi connectivity index (χ1) is 9.61. The molecule has 5 heteroatoms. The summed E-state index contributed by atoms with van der Waals surface area (Å²) in [7, 11) is 0. The van der Waals surface area contributed by atoms with Crippen LogP contribution in [0.2, 0.25) is 0 Å². The Morgan fingerprint density at radius 2 is 2.30 bits per heavy atom. The van der Waals surface area contributed by atoms with Crippen LogP contribution >= 0.6 is 0 Å². The number of hydrogen-bond donors (Lipinski definition) is 1. The highest BCUT2D eigenvalue weighted by Gasteiger charge is 2.22. The summed E-state index contributed by atoms with van der Waals surface area (Å²) in [6.07, 6.45) is 7.13. The smallest absolute Gasteiger partial charge is 0.155 e.